The Hall–Kier alpha value is -0.550. The minimum absolute atomic E-state index is 0.201. The molecule has 2 aliphatic carbocycles. The van der Waals surface area contributed by atoms with Gasteiger partial charge in [-0.25, -0.2) is 8.78 Å². The van der Waals surface area contributed by atoms with Gasteiger partial charge in [-0.3, -0.25) is 4.57 Å². The van der Waals surface area contributed by atoms with Crippen LogP contribution >= 0.6 is 39.0 Å². The first-order valence-corrected chi connectivity index (χ1v) is 10.7. The molecule has 0 unspecified atom stereocenters. The van der Waals surface area contributed by atoms with Crippen LogP contribution < -0.4 is 0 Å². The van der Waals surface area contributed by atoms with Gasteiger partial charge in [0.2, 0.25) is 4.73 Å². The topological polar surface area (TPSA) is 71.2 Å². The second kappa shape index (κ2) is 6.23. The van der Waals surface area contributed by atoms with Gasteiger partial charge in [-0.15, -0.1) is 21.5 Å². The van der Waals surface area contributed by atoms with Crippen LogP contribution in [0.5, 0.6) is 0 Å². The summed E-state index contributed by atoms with van der Waals surface area (Å²) in [5, 5.41) is 28.5. The highest BCUT2D eigenvalue weighted by Crippen LogP contribution is 2.53. The van der Waals surface area contributed by atoms with Gasteiger partial charge in [0, 0.05) is 17.7 Å². The number of fused-ring (bicyclic) bond motifs is 1. The van der Waals surface area contributed by atoms with Gasteiger partial charge in [0.15, 0.2) is 11.4 Å². The number of nitrogens with zero attached hydrogens (tertiary/aromatic N) is 3. The Morgan fingerprint density at radius 3 is 2.54 bits per heavy atom. The smallest absolute Gasteiger partial charge is 0.256 e. The molecule has 0 saturated heterocycles. The summed E-state index contributed by atoms with van der Waals surface area (Å²) in [5.41, 5.74) is 1.46. The molecular weight excluding hydrogens is 448 g/mol. The maximum atomic E-state index is 14.1. The summed E-state index contributed by atoms with van der Waals surface area (Å²) in [6, 6.07) is 0. The fraction of sp³-hybridized carbons (Fsp3) is 0.625. The molecule has 2 aliphatic rings. The van der Waals surface area contributed by atoms with Crippen LogP contribution in [0.15, 0.2) is 9.89 Å². The Bertz CT molecular complexity index is 862. The first-order chi connectivity index (χ1) is 12.1. The van der Waals surface area contributed by atoms with E-state index in [9.17, 15) is 19.0 Å². The number of aromatic nitrogens is 3. The summed E-state index contributed by atoms with van der Waals surface area (Å²) in [6.07, 6.45) is 0.0612. The Kier molecular flexibility index (Phi) is 4.51. The summed E-state index contributed by atoms with van der Waals surface area (Å²) >= 11 is 6.06. The van der Waals surface area contributed by atoms with Crippen LogP contribution in [-0.2, 0) is 12.8 Å². The SMILES string of the molecule is CC(C)(Sc1nnc(Br)n1-c1sc(C2CC2)c2c1CC(F)(F)C2)C(O)O. The highest BCUT2D eigenvalue weighted by atomic mass is 79.9. The van der Waals surface area contributed by atoms with Gasteiger partial charge in [0.25, 0.3) is 5.92 Å². The molecule has 0 aromatic carbocycles. The molecule has 4 rings (SSSR count). The molecule has 2 heterocycles. The molecule has 10 heteroatoms. The fourth-order valence-corrected chi connectivity index (χ4v) is 6.25. The molecule has 0 atom stereocenters. The van der Waals surface area contributed by atoms with E-state index in [1.165, 1.54) is 11.3 Å². The van der Waals surface area contributed by atoms with E-state index >= 15 is 0 Å². The van der Waals surface area contributed by atoms with Gasteiger partial charge >= 0.3 is 0 Å². The molecule has 0 bridgehead atoms. The Labute approximate surface area is 166 Å². The zero-order valence-electron chi connectivity index (χ0n) is 14.2. The molecule has 0 aliphatic heterocycles. The molecular formula is C16H18BrF2N3O2S2. The quantitative estimate of drug-likeness (QED) is 0.517. The predicted molar refractivity (Wildman–Crippen MR) is 99.4 cm³/mol. The van der Waals surface area contributed by atoms with Crippen molar-refractivity contribution in [3.8, 4) is 5.00 Å². The largest absolute Gasteiger partial charge is 0.367 e. The van der Waals surface area contributed by atoms with E-state index < -0.39 is 17.0 Å². The molecule has 0 radical (unpaired) electrons. The zero-order chi connectivity index (χ0) is 18.9. The van der Waals surface area contributed by atoms with Gasteiger partial charge in [-0.05, 0) is 59.7 Å². The summed E-state index contributed by atoms with van der Waals surface area (Å²) in [7, 11) is 0. The molecule has 26 heavy (non-hydrogen) atoms. The average Bonchev–Trinajstić information content (AvgIpc) is 3.14. The van der Waals surface area contributed by atoms with E-state index in [1.807, 2.05) is 0 Å². The van der Waals surface area contributed by atoms with E-state index in [-0.39, 0.29) is 12.8 Å². The van der Waals surface area contributed by atoms with Gasteiger partial charge in [-0.2, -0.15) is 0 Å². The zero-order valence-corrected chi connectivity index (χ0v) is 17.4. The van der Waals surface area contributed by atoms with E-state index in [1.54, 1.807) is 18.4 Å². The third-order valence-corrected chi connectivity index (χ3v) is 7.84. The van der Waals surface area contributed by atoms with Gasteiger partial charge < -0.3 is 10.2 Å². The lowest BCUT2D eigenvalue weighted by molar-refractivity contribution is -0.0606. The van der Waals surface area contributed by atoms with Crippen LogP contribution in [0.1, 0.15) is 48.6 Å². The average molecular weight is 466 g/mol. The van der Waals surface area contributed by atoms with E-state index in [0.29, 0.717) is 26.4 Å². The number of halogens is 3. The maximum absolute atomic E-state index is 14.1. The molecule has 0 amide bonds. The van der Waals surface area contributed by atoms with Crippen molar-refractivity contribution < 1.29 is 19.0 Å². The lowest BCUT2D eigenvalue weighted by atomic mass is 10.1. The lowest BCUT2D eigenvalue weighted by Crippen LogP contribution is -2.32. The van der Waals surface area contributed by atoms with E-state index in [0.717, 1.165) is 35.0 Å². The molecule has 2 N–H and O–H groups in total. The number of thioether (sulfide) groups is 1. The van der Waals surface area contributed by atoms with Gasteiger partial charge in [-0.1, -0.05) is 11.8 Å². The number of rotatable bonds is 5. The predicted octanol–water partition coefficient (Wildman–Crippen LogP) is 3.88. The second-order valence-electron chi connectivity index (χ2n) is 7.38. The lowest BCUT2D eigenvalue weighted by Gasteiger charge is -2.25. The van der Waals surface area contributed by atoms with Crippen LogP contribution in [0.3, 0.4) is 0 Å². The van der Waals surface area contributed by atoms with Crippen molar-refractivity contribution >= 4 is 39.0 Å². The van der Waals surface area contributed by atoms with Crippen molar-refractivity contribution in [2.45, 2.75) is 67.6 Å². The van der Waals surface area contributed by atoms with Crippen molar-refractivity contribution in [1.29, 1.82) is 0 Å². The maximum Gasteiger partial charge on any atom is 0.256 e. The summed E-state index contributed by atoms with van der Waals surface area (Å²) in [5.74, 6) is -2.33. The minimum atomic E-state index is -2.72. The van der Waals surface area contributed by atoms with Crippen LogP contribution in [0.4, 0.5) is 8.78 Å². The highest BCUT2D eigenvalue weighted by Gasteiger charge is 2.45. The molecule has 2 aromatic rings. The highest BCUT2D eigenvalue weighted by molar-refractivity contribution is 9.10. The number of aliphatic hydroxyl groups excluding tert-OH is 1. The standard InChI is InChI=1S/C16H18BrF2N3O2S2/c1-15(2,12(23)24)26-14-21-20-13(17)22(14)11-9-6-16(18,19)5-8(9)10(25-11)7-3-4-7/h7,12,23-24H,3-6H2,1-2H3. The van der Waals surface area contributed by atoms with Crippen LogP contribution in [0, 0.1) is 0 Å². The fourth-order valence-electron chi connectivity index (χ4n) is 3.09. The third-order valence-electron chi connectivity index (χ3n) is 4.72. The molecule has 142 valence electrons. The molecule has 0 spiro atoms. The first-order valence-electron chi connectivity index (χ1n) is 8.28. The van der Waals surface area contributed by atoms with Crippen LogP contribution in [0.25, 0.3) is 5.00 Å². The first kappa shape index (κ1) is 18.8. The number of thiophene rings is 1. The van der Waals surface area contributed by atoms with Crippen molar-refractivity contribution in [1.82, 2.24) is 14.8 Å². The van der Waals surface area contributed by atoms with Crippen molar-refractivity contribution in [3.63, 3.8) is 0 Å². The Balaban J connectivity index is 1.80. The van der Waals surface area contributed by atoms with Crippen molar-refractivity contribution in [3.05, 3.63) is 20.7 Å². The summed E-state index contributed by atoms with van der Waals surface area (Å²) in [6.45, 7) is 3.36. The molecule has 5 nitrogen and oxygen atoms in total. The Morgan fingerprint density at radius 2 is 1.92 bits per heavy atom. The number of hydrogen-bond acceptors (Lipinski definition) is 6. The van der Waals surface area contributed by atoms with Gasteiger partial charge in [0.05, 0.1) is 4.75 Å². The Morgan fingerprint density at radius 1 is 1.27 bits per heavy atom. The molecule has 2 aromatic heterocycles. The van der Waals surface area contributed by atoms with Gasteiger partial charge in [0.1, 0.15) is 5.00 Å². The number of alkyl halides is 2. The second-order valence-corrected chi connectivity index (χ2v) is 10.7. The van der Waals surface area contributed by atoms with Crippen LogP contribution in [0.2, 0.25) is 0 Å². The summed E-state index contributed by atoms with van der Waals surface area (Å²) in [4.78, 5) is 1.06. The monoisotopic (exact) mass is 465 g/mol. The normalized spacial score (nSPS) is 19.4. The summed E-state index contributed by atoms with van der Waals surface area (Å²) < 4.78 is 29.4. The van der Waals surface area contributed by atoms with E-state index in [4.69, 9.17) is 0 Å². The van der Waals surface area contributed by atoms with Crippen molar-refractivity contribution in [2.24, 2.45) is 0 Å². The molecule has 1 saturated carbocycles. The van der Waals surface area contributed by atoms with Crippen LogP contribution in [-0.4, -0.2) is 41.9 Å². The van der Waals surface area contributed by atoms with Crippen molar-refractivity contribution in [2.75, 3.05) is 0 Å². The third kappa shape index (κ3) is 3.23. The minimum Gasteiger partial charge on any atom is -0.367 e. The number of hydrogen-bond donors (Lipinski definition) is 2. The van der Waals surface area contributed by atoms with E-state index in [2.05, 4.69) is 26.1 Å². The number of aliphatic hydroxyl groups is 2. The molecule has 1 fully saturated rings.